The van der Waals surface area contributed by atoms with Crippen molar-refractivity contribution < 1.29 is 58.8 Å². The second-order valence-corrected chi connectivity index (χ2v) is 6.62. The molecule has 4 atom stereocenters. The Balaban J connectivity index is 4.95. The Bertz CT molecular complexity index is 799. The summed E-state index contributed by atoms with van der Waals surface area (Å²) in [6.07, 6.45) is -3.06. The summed E-state index contributed by atoms with van der Waals surface area (Å²) in [4.78, 5) is 90.7. The molecule has 0 radical (unpaired) electrons. The zero-order chi connectivity index (χ0) is 25.7. The van der Waals surface area contributed by atoms with Gasteiger partial charge in [-0.05, 0) is 7.05 Å². The minimum atomic E-state index is -1.86. The number of hydrogen-bond donors (Lipinski definition) is 8. The van der Waals surface area contributed by atoms with Gasteiger partial charge in [0.25, 0.3) is 0 Å². The fraction of sp³-hybridized carbons (Fsp3) is 0.529. The molecule has 0 aliphatic heterocycles. The lowest BCUT2D eigenvalue weighted by Gasteiger charge is -2.18. The monoisotopic (exact) mass is 476 g/mol. The molecule has 16 heteroatoms. The van der Waals surface area contributed by atoms with E-state index in [1.807, 2.05) is 10.6 Å². The Kier molecular flexibility index (Phi) is 12.3. The average molecular weight is 476 g/mol. The molecule has 0 rings (SSSR count). The van der Waals surface area contributed by atoms with Crippen molar-refractivity contribution in [3.05, 3.63) is 0 Å². The van der Waals surface area contributed by atoms with Crippen LogP contribution in [0.1, 0.15) is 25.7 Å². The first-order valence-electron chi connectivity index (χ1n) is 9.21. The van der Waals surface area contributed by atoms with Crippen molar-refractivity contribution in [2.24, 2.45) is 0 Å². The van der Waals surface area contributed by atoms with E-state index in [1.165, 1.54) is 7.05 Å². The van der Waals surface area contributed by atoms with Crippen LogP contribution in [0, 0.1) is 0 Å². The molecule has 0 fully saturated rings. The highest BCUT2D eigenvalue weighted by Crippen LogP contribution is 2.00. The fourth-order valence-corrected chi connectivity index (χ4v) is 2.36. The predicted molar refractivity (Wildman–Crippen MR) is 104 cm³/mol. The normalized spacial score (nSPS) is 14.0. The standard InChI is InChI=1S/C17H24N4O12/c1-18-8(15(28)29)3-12(24)19-7(6-22)2-11(23)20-9(16(30)31)4-13(25)21-10(17(32)33)5-14(26)27/h6-10,18H,2-5H2,1H3,(H,19,24)(H,20,23)(H,21,25)(H,26,27)(H,28,29)(H,30,31)(H,32,33). The summed E-state index contributed by atoms with van der Waals surface area (Å²) >= 11 is 0. The third-order valence-corrected chi connectivity index (χ3v) is 3.99. The quantitative estimate of drug-likeness (QED) is 0.0992. The highest BCUT2D eigenvalue weighted by molar-refractivity contribution is 5.92. The van der Waals surface area contributed by atoms with Crippen LogP contribution in [-0.2, 0) is 38.4 Å². The Morgan fingerprint density at radius 3 is 1.42 bits per heavy atom. The summed E-state index contributed by atoms with van der Waals surface area (Å²) in [7, 11) is 1.29. The number of nitrogens with one attached hydrogen (secondary N) is 4. The van der Waals surface area contributed by atoms with E-state index in [0.29, 0.717) is 0 Å². The van der Waals surface area contributed by atoms with Crippen molar-refractivity contribution >= 4 is 47.9 Å². The van der Waals surface area contributed by atoms with E-state index < -0.39 is 91.4 Å². The highest BCUT2D eigenvalue weighted by Gasteiger charge is 2.29. The van der Waals surface area contributed by atoms with Crippen LogP contribution in [0.5, 0.6) is 0 Å². The largest absolute Gasteiger partial charge is 0.481 e. The number of rotatable bonds is 16. The van der Waals surface area contributed by atoms with Crippen LogP contribution in [0.25, 0.3) is 0 Å². The van der Waals surface area contributed by atoms with E-state index >= 15 is 0 Å². The van der Waals surface area contributed by atoms with E-state index in [9.17, 15) is 38.4 Å². The number of hydrogen-bond acceptors (Lipinski definition) is 9. The van der Waals surface area contributed by atoms with Crippen LogP contribution >= 0.6 is 0 Å². The lowest BCUT2D eigenvalue weighted by atomic mass is 10.1. The Hall–Kier alpha value is -4.08. The van der Waals surface area contributed by atoms with Crippen molar-refractivity contribution in [2.45, 2.75) is 49.9 Å². The van der Waals surface area contributed by atoms with Crippen molar-refractivity contribution in [2.75, 3.05) is 7.05 Å². The van der Waals surface area contributed by atoms with Crippen LogP contribution in [0.2, 0.25) is 0 Å². The van der Waals surface area contributed by atoms with Gasteiger partial charge in [0, 0.05) is 0 Å². The van der Waals surface area contributed by atoms with Gasteiger partial charge in [-0.25, -0.2) is 9.59 Å². The maximum absolute atomic E-state index is 12.1. The number of likely N-dealkylation sites (N-methyl/N-ethyl adjacent to an activating group) is 1. The number of aldehydes is 1. The van der Waals surface area contributed by atoms with Gasteiger partial charge in [-0.15, -0.1) is 0 Å². The molecule has 0 aliphatic carbocycles. The molecule has 0 saturated heterocycles. The van der Waals surface area contributed by atoms with Gasteiger partial charge in [0.15, 0.2) is 0 Å². The van der Waals surface area contributed by atoms with Crippen molar-refractivity contribution in [1.82, 2.24) is 21.3 Å². The Labute approximate surface area is 185 Å². The van der Waals surface area contributed by atoms with Gasteiger partial charge in [-0.1, -0.05) is 0 Å². The van der Waals surface area contributed by atoms with Crippen molar-refractivity contribution in [3.63, 3.8) is 0 Å². The molecule has 0 bridgehead atoms. The number of carboxylic acids is 4. The number of carbonyl (C=O) groups is 8. The average Bonchev–Trinajstić information content (AvgIpc) is 2.69. The molecule has 0 aromatic carbocycles. The highest BCUT2D eigenvalue weighted by atomic mass is 16.4. The van der Waals surface area contributed by atoms with E-state index in [-0.39, 0.29) is 6.29 Å². The molecular weight excluding hydrogens is 452 g/mol. The summed E-state index contributed by atoms with van der Waals surface area (Å²) in [5, 5.41) is 43.8. The lowest BCUT2D eigenvalue weighted by Crippen LogP contribution is -2.49. The second-order valence-electron chi connectivity index (χ2n) is 6.62. The van der Waals surface area contributed by atoms with E-state index in [0.717, 1.165) is 0 Å². The van der Waals surface area contributed by atoms with E-state index in [4.69, 9.17) is 20.4 Å². The van der Waals surface area contributed by atoms with E-state index in [1.54, 1.807) is 0 Å². The minimum absolute atomic E-state index is 0.165. The molecule has 184 valence electrons. The van der Waals surface area contributed by atoms with Crippen molar-refractivity contribution in [3.8, 4) is 0 Å². The molecule has 8 N–H and O–H groups in total. The first-order chi connectivity index (χ1) is 15.3. The number of carboxylic acid groups (broad SMARTS) is 4. The molecule has 0 aromatic rings. The van der Waals surface area contributed by atoms with Gasteiger partial charge in [-0.3, -0.25) is 24.0 Å². The zero-order valence-electron chi connectivity index (χ0n) is 17.3. The predicted octanol–water partition coefficient (Wildman–Crippen LogP) is -3.87. The topological polar surface area (TPSA) is 266 Å². The molecule has 0 aliphatic rings. The molecule has 0 aromatic heterocycles. The van der Waals surface area contributed by atoms with Gasteiger partial charge in [0.1, 0.15) is 24.4 Å². The smallest absolute Gasteiger partial charge is 0.326 e. The summed E-state index contributed by atoms with van der Waals surface area (Å²) < 4.78 is 0. The van der Waals surface area contributed by atoms with Gasteiger partial charge in [0.2, 0.25) is 17.7 Å². The maximum atomic E-state index is 12.1. The zero-order valence-corrected chi connectivity index (χ0v) is 17.3. The maximum Gasteiger partial charge on any atom is 0.326 e. The van der Waals surface area contributed by atoms with Crippen LogP contribution in [0.4, 0.5) is 0 Å². The molecule has 16 nitrogen and oxygen atoms in total. The summed E-state index contributed by atoms with van der Waals surface area (Å²) in [5.41, 5.74) is 0. The van der Waals surface area contributed by atoms with Gasteiger partial charge < -0.3 is 46.5 Å². The molecule has 4 unspecified atom stereocenters. The summed E-state index contributed by atoms with van der Waals surface area (Å²) in [6, 6.07) is -6.38. The van der Waals surface area contributed by atoms with Crippen LogP contribution < -0.4 is 21.3 Å². The number of amides is 3. The first-order valence-corrected chi connectivity index (χ1v) is 9.21. The third-order valence-electron chi connectivity index (χ3n) is 3.99. The summed E-state index contributed by atoms with van der Waals surface area (Å²) in [6.45, 7) is 0. The van der Waals surface area contributed by atoms with Gasteiger partial charge in [0.05, 0.1) is 31.7 Å². The van der Waals surface area contributed by atoms with Crippen molar-refractivity contribution in [1.29, 1.82) is 0 Å². The molecule has 3 amide bonds. The molecule has 0 spiro atoms. The number of aliphatic carboxylic acids is 4. The Morgan fingerprint density at radius 2 is 1.03 bits per heavy atom. The van der Waals surface area contributed by atoms with Gasteiger partial charge >= 0.3 is 23.9 Å². The third kappa shape index (κ3) is 11.8. The Morgan fingerprint density at radius 1 is 0.636 bits per heavy atom. The molecule has 0 heterocycles. The van der Waals surface area contributed by atoms with Crippen LogP contribution in [-0.4, -0.2) is 99.5 Å². The van der Waals surface area contributed by atoms with Crippen LogP contribution in [0.3, 0.4) is 0 Å². The van der Waals surface area contributed by atoms with Crippen LogP contribution in [0.15, 0.2) is 0 Å². The SMILES string of the molecule is CNC(CC(=O)NC(C=O)CC(=O)NC(CC(=O)NC(CC(=O)O)C(=O)O)C(=O)O)C(=O)O. The first kappa shape index (κ1) is 28.9. The second kappa shape index (κ2) is 14.1. The lowest BCUT2D eigenvalue weighted by molar-refractivity contribution is -0.148. The molecule has 33 heavy (non-hydrogen) atoms. The number of carbonyl (C=O) groups excluding carboxylic acids is 4. The van der Waals surface area contributed by atoms with E-state index in [2.05, 4.69) is 10.6 Å². The molecular formula is C17H24N4O12. The molecule has 0 saturated carbocycles. The summed E-state index contributed by atoms with van der Waals surface area (Å²) in [5.74, 6) is -9.35. The minimum Gasteiger partial charge on any atom is -0.481 e. The van der Waals surface area contributed by atoms with Gasteiger partial charge in [-0.2, -0.15) is 0 Å². The fourth-order valence-electron chi connectivity index (χ4n) is 2.36.